The van der Waals surface area contributed by atoms with E-state index in [4.69, 9.17) is 4.42 Å². The lowest BCUT2D eigenvalue weighted by Gasteiger charge is -2.21. The van der Waals surface area contributed by atoms with Gasteiger partial charge in [-0.3, -0.25) is 4.99 Å². The molecule has 7 nitrogen and oxygen atoms in total. The number of rotatable bonds is 7. The van der Waals surface area contributed by atoms with Crippen LogP contribution in [0.15, 0.2) is 27.8 Å². The molecule has 1 aliphatic rings. The standard InChI is InChI=1S/C15H26N4O3S/c1-3-16-15(17-9-8-14-7-5-11-22-14)18-12-13-6-4-10-19(13)23(2,20)21/h5,7,11,13H,3-4,6,8-10,12H2,1-2H3,(H2,16,17,18)/t13-/m1/s1. The molecule has 1 aromatic heterocycles. The summed E-state index contributed by atoms with van der Waals surface area (Å²) in [7, 11) is -3.15. The minimum Gasteiger partial charge on any atom is -0.469 e. The van der Waals surface area contributed by atoms with Crippen LogP contribution in [-0.2, 0) is 16.4 Å². The molecule has 8 heteroatoms. The van der Waals surface area contributed by atoms with E-state index in [1.807, 2.05) is 19.1 Å². The summed E-state index contributed by atoms with van der Waals surface area (Å²) < 4.78 is 30.4. The number of aliphatic imine (C=N–C) groups is 1. The zero-order valence-electron chi connectivity index (χ0n) is 13.8. The normalized spacial score (nSPS) is 19.9. The molecule has 0 unspecified atom stereocenters. The van der Waals surface area contributed by atoms with Gasteiger partial charge in [-0.25, -0.2) is 8.42 Å². The fraction of sp³-hybridized carbons (Fsp3) is 0.667. The van der Waals surface area contributed by atoms with Crippen molar-refractivity contribution < 1.29 is 12.8 Å². The summed E-state index contributed by atoms with van der Waals surface area (Å²) >= 11 is 0. The second-order valence-corrected chi connectivity index (χ2v) is 7.58. The van der Waals surface area contributed by atoms with E-state index in [2.05, 4.69) is 15.6 Å². The number of guanidine groups is 1. The highest BCUT2D eigenvalue weighted by Crippen LogP contribution is 2.20. The average molecular weight is 342 g/mol. The summed E-state index contributed by atoms with van der Waals surface area (Å²) in [6.45, 7) is 4.54. The first-order chi connectivity index (χ1) is 11.0. The fourth-order valence-corrected chi connectivity index (χ4v) is 3.90. The van der Waals surface area contributed by atoms with Crippen LogP contribution in [0.5, 0.6) is 0 Å². The SMILES string of the molecule is CCNC(=NC[C@H]1CCCN1S(C)(=O)=O)NCCc1ccco1. The maximum atomic E-state index is 11.8. The second-order valence-electron chi connectivity index (χ2n) is 5.65. The molecular weight excluding hydrogens is 316 g/mol. The molecule has 1 atom stereocenters. The Morgan fingerprint density at radius 2 is 2.30 bits per heavy atom. The summed E-state index contributed by atoms with van der Waals surface area (Å²) in [4.78, 5) is 4.54. The van der Waals surface area contributed by atoms with E-state index in [0.717, 1.165) is 31.6 Å². The number of nitrogens with one attached hydrogen (secondary N) is 2. The van der Waals surface area contributed by atoms with Crippen LogP contribution in [0.25, 0.3) is 0 Å². The van der Waals surface area contributed by atoms with Gasteiger partial charge in [-0.05, 0) is 31.9 Å². The van der Waals surface area contributed by atoms with Crippen LogP contribution in [0.3, 0.4) is 0 Å². The van der Waals surface area contributed by atoms with Crippen LogP contribution in [0.2, 0.25) is 0 Å². The first-order valence-corrected chi connectivity index (χ1v) is 9.87. The molecule has 0 saturated carbocycles. The maximum Gasteiger partial charge on any atom is 0.211 e. The molecule has 1 aliphatic heterocycles. The highest BCUT2D eigenvalue weighted by Gasteiger charge is 2.31. The van der Waals surface area contributed by atoms with E-state index in [1.54, 1.807) is 10.6 Å². The van der Waals surface area contributed by atoms with E-state index < -0.39 is 10.0 Å². The second kappa shape index (κ2) is 8.35. The summed E-state index contributed by atoms with van der Waals surface area (Å²) in [6, 6.07) is 3.77. The van der Waals surface area contributed by atoms with Gasteiger partial charge in [0.1, 0.15) is 5.76 Å². The van der Waals surface area contributed by atoms with Gasteiger partial charge in [0, 0.05) is 32.1 Å². The zero-order valence-corrected chi connectivity index (χ0v) is 14.6. The van der Waals surface area contributed by atoms with Gasteiger partial charge in [0.15, 0.2) is 5.96 Å². The first kappa shape index (κ1) is 17.8. The third-order valence-corrected chi connectivity index (χ3v) is 5.13. The van der Waals surface area contributed by atoms with Crippen molar-refractivity contribution in [2.24, 2.45) is 4.99 Å². The quantitative estimate of drug-likeness (QED) is 0.565. The Balaban J connectivity index is 1.87. The molecular formula is C15H26N4O3S. The monoisotopic (exact) mass is 342 g/mol. The molecule has 1 saturated heterocycles. The minimum absolute atomic E-state index is 0.0365. The van der Waals surface area contributed by atoms with Gasteiger partial charge in [0.2, 0.25) is 10.0 Å². The largest absolute Gasteiger partial charge is 0.469 e. The van der Waals surface area contributed by atoms with Crippen LogP contribution in [-0.4, -0.2) is 57.2 Å². The Morgan fingerprint density at radius 3 is 2.96 bits per heavy atom. The zero-order chi connectivity index (χ0) is 16.7. The lowest BCUT2D eigenvalue weighted by atomic mass is 10.2. The van der Waals surface area contributed by atoms with Crippen molar-refractivity contribution in [1.82, 2.24) is 14.9 Å². The van der Waals surface area contributed by atoms with Crippen molar-refractivity contribution in [3.63, 3.8) is 0 Å². The van der Waals surface area contributed by atoms with E-state index >= 15 is 0 Å². The van der Waals surface area contributed by atoms with Gasteiger partial charge in [-0.2, -0.15) is 4.31 Å². The van der Waals surface area contributed by atoms with Gasteiger partial charge in [0.25, 0.3) is 0 Å². The molecule has 0 bridgehead atoms. The lowest BCUT2D eigenvalue weighted by Crippen LogP contribution is -2.41. The smallest absolute Gasteiger partial charge is 0.211 e. The van der Waals surface area contributed by atoms with Crippen molar-refractivity contribution in [1.29, 1.82) is 0 Å². The number of hydrogen-bond donors (Lipinski definition) is 2. The third kappa shape index (κ3) is 5.54. The van der Waals surface area contributed by atoms with Crippen LogP contribution < -0.4 is 10.6 Å². The molecule has 1 fully saturated rings. The number of hydrogen-bond acceptors (Lipinski definition) is 4. The molecule has 0 radical (unpaired) electrons. The maximum absolute atomic E-state index is 11.8. The molecule has 23 heavy (non-hydrogen) atoms. The van der Waals surface area contributed by atoms with E-state index in [-0.39, 0.29) is 6.04 Å². The van der Waals surface area contributed by atoms with Crippen molar-refractivity contribution >= 4 is 16.0 Å². The Morgan fingerprint density at radius 1 is 1.48 bits per heavy atom. The van der Waals surface area contributed by atoms with Crippen LogP contribution >= 0.6 is 0 Å². The number of sulfonamides is 1. The van der Waals surface area contributed by atoms with Crippen molar-refractivity contribution in [3.8, 4) is 0 Å². The lowest BCUT2D eigenvalue weighted by molar-refractivity contribution is 0.396. The number of nitrogens with zero attached hydrogens (tertiary/aromatic N) is 2. The average Bonchev–Trinajstić information content (AvgIpc) is 3.15. The van der Waals surface area contributed by atoms with E-state index in [1.165, 1.54) is 6.26 Å². The molecule has 2 N–H and O–H groups in total. The third-order valence-electron chi connectivity index (χ3n) is 3.80. The predicted molar refractivity (Wildman–Crippen MR) is 91.0 cm³/mol. The molecule has 0 aliphatic carbocycles. The summed E-state index contributed by atoms with van der Waals surface area (Å²) in [6.07, 6.45) is 5.46. The van der Waals surface area contributed by atoms with Crippen LogP contribution in [0.4, 0.5) is 0 Å². The Bertz CT molecular complexity index is 598. The van der Waals surface area contributed by atoms with Crippen LogP contribution in [0.1, 0.15) is 25.5 Å². The molecule has 0 amide bonds. The molecule has 1 aromatic rings. The molecule has 130 valence electrons. The van der Waals surface area contributed by atoms with Gasteiger partial charge >= 0.3 is 0 Å². The molecule has 0 spiro atoms. The Hall–Kier alpha value is -1.54. The van der Waals surface area contributed by atoms with E-state index in [9.17, 15) is 8.42 Å². The van der Waals surface area contributed by atoms with Gasteiger partial charge in [0.05, 0.1) is 19.1 Å². The van der Waals surface area contributed by atoms with Crippen molar-refractivity contribution in [2.75, 3.05) is 32.4 Å². The Kier molecular flexibility index (Phi) is 6.47. The van der Waals surface area contributed by atoms with Gasteiger partial charge < -0.3 is 15.1 Å². The molecule has 2 rings (SSSR count). The van der Waals surface area contributed by atoms with Crippen molar-refractivity contribution in [3.05, 3.63) is 24.2 Å². The molecule has 2 heterocycles. The fourth-order valence-electron chi connectivity index (χ4n) is 2.73. The highest BCUT2D eigenvalue weighted by atomic mass is 32.2. The summed E-state index contributed by atoms with van der Waals surface area (Å²) in [5, 5.41) is 6.43. The first-order valence-electron chi connectivity index (χ1n) is 8.02. The van der Waals surface area contributed by atoms with Gasteiger partial charge in [-0.15, -0.1) is 0 Å². The highest BCUT2D eigenvalue weighted by molar-refractivity contribution is 7.88. The summed E-state index contributed by atoms with van der Waals surface area (Å²) in [5.41, 5.74) is 0. The van der Waals surface area contributed by atoms with E-state index in [0.29, 0.717) is 25.6 Å². The van der Waals surface area contributed by atoms with Crippen molar-refractivity contribution in [2.45, 2.75) is 32.2 Å². The molecule has 0 aromatic carbocycles. The topological polar surface area (TPSA) is 86.9 Å². The van der Waals surface area contributed by atoms with Gasteiger partial charge in [-0.1, -0.05) is 0 Å². The predicted octanol–water partition coefficient (Wildman–Crippen LogP) is 0.801. The minimum atomic E-state index is -3.15. The van der Waals surface area contributed by atoms with Crippen LogP contribution in [0, 0.1) is 0 Å². The number of furan rings is 1. The Labute approximate surface area is 138 Å². The summed E-state index contributed by atoms with van der Waals surface area (Å²) in [5.74, 6) is 1.63.